The second-order valence-electron chi connectivity index (χ2n) is 9.14. The first kappa shape index (κ1) is 15.9. The van der Waals surface area contributed by atoms with E-state index in [1.807, 2.05) is 36.4 Å². The second kappa shape index (κ2) is 5.09. The minimum atomic E-state index is 0.0637. The van der Waals surface area contributed by atoms with Gasteiger partial charge in [-0.1, -0.05) is 12.1 Å². The quantitative estimate of drug-likeness (QED) is 0.620. The summed E-state index contributed by atoms with van der Waals surface area (Å²) in [6.45, 7) is 0. The van der Waals surface area contributed by atoms with Gasteiger partial charge in [0, 0.05) is 44.7 Å². The van der Waals surface area contributed by atoms with E-state index in [1.165, 1.54) is 43.2 Å². The number of rotatable bonds is 2. The van der Waals surface area contributed by atoms with Gasteiger partial charge in [0.2, 0.25) is 0 Å². The van der Waals surface area contributed by atoms with Gasteiger partial charge in [-0.25, -0.2) is 0 Å². The van der Waals surface area contributed by atoms with Crippen LogP contribution in [-0.2, 0) is 10.8 Å². The van der Waals surface area contributed by atoms with Crippen LogP contribution < -0.4 is 22.9 Å². The molecule has 0 amide bonds. The average Bonchev–Trinajstić information content (AvgIpc) is 2.52. The van der Waals surface area contributed by atoms with Gasteiger partial charge in [-0.05, 0) is 74.6 Å². The molecule has 0 heterocycles. The minimum Gasteiger partial charge on any atom is -0.398 e. The molecular weight excluding hydrogens is 320 g/mol. The fraction of sp³-hybridized carbons (Fsp3) is 0.455. The van der Waals surface area contributed by atoms with E-state index in [0.717, 1.165) is 29.2 Å². The molecule has 4 aliphatic carbocycles. The third-order valence-corrected chi connectivity index (χ3v) is 7.38. The Labute approximate surface area is 154 Å². The van der Waals surface area contributed by atoms with Crippen molar-refractivity contribution in [2.24, 2.45) is 11.8 Å². The molecule has 4 aliphatic rings. The van der Waals surface area contributed by atoms with Gasteiger partial charge >= 0.3 is 0 Å². The standard InChI is InChI=1S/C22H28N4/c23-15-3-1-4-16(24)19(15)21-8-13-7-14(9-21)11-22(10-13,12-21)20-17(25)5-2-6-18(20)26/h1-6,13-14H,7-12,23-26H2. The molecule has 0 atom stereocenters. The summed E-state index contributed by atoms with van der Waals surface area (Å²) in [4.78, 5) is 0. The molecule has 2 aromatic rings. The van der Waals surface area contributed by atoms with Crippen LogP contribution >= 0.6 is 0 Å². The first-order chi connectivity index (χ1) is 12.4. The molecule has 4 saturated carbocycles. The Morgan fingerprint density at radius 2 is 0.962 bits per heavy atom. The van der Waals surface area contributed by atoms with Crippen LogP contribution in [0.4, 0.5) is 22.7 Å². The molecule has 4 heteroatoms. The Morgan fingerprint density at radius 3 is 1.31 bits per heavy atom. The third-order valence-electron chi connectivity index (χ3n) is 7.38. The summed E-state index contributed by atoms with van der Waals surface area (Å²) in [5.74, 6) is 1.41. The average molecular weight is 348 g/mol. The zero-order chi connectivity index (χ0) is 18.1. The molecule has 0 aromatic heterocycles. The van der Waals surface area contributed by atoms with Gasteiger partial charge in [0.1, 0.15) is 0 Å². The number of benzene rings is 2. The highest BCUT2D eigenvalue weighted by Crippen LogP contribution is 2.68. The molecule has 0 radical (unpaired) electrons. The smallest absolute Gasteiger partial charge is 0.0373 e. The maximum absolute atomic E-state index is 6.46. The highest BCUT2D eigenvalue weighted by Gasteiger charge is 2.60. The third kappa shape index (κ3) is 2.01. The molecule has 6 rings (SSSR count). The van der Waals surface area contributed by atoms with Crippen LogP contribution in [0.3, 0.4) is 0 Å². The molecule has 4 bridgehead atoms. The van der Waals surface area contributed by atoms with Crippen molar-refractivity contribution in [2.45, 2.75) is 49.4 Å². The van der Waals surface area contributed by atoms with Crippen molar-refractivity contribution in [1.82, 2.24) is 0 Å². The molecule has 4 fully saturated rings. The Balaban J connectivity index is 1.70. The highest BCUT2D eigenvalue weighted by atomic mass is 14.7. The van der Waals surface area contributed by atoms with E-state index in [-0.39, 0.29) is 10.8 Å². The van der Waals surface area contributed by atoms with E-state index in [4.69, 9.17) is 22.9 Å². The lowest BCUT2D eigenvalue weighted by molar-refractivity contribution is -0.0268. The fourth-order valence-electron chi connectivity index (χ4n) is 7.25. The van der Waals surface area contributed by atoms with Crippen LogP contribution in [0.2, 0.25) is 0 Å². The number of anilines is 4. The van der Waals surface area contributed by atoms with Gasteiger partial charge in [0.15, 0.2) is 0 Å². The zero-order valence-corrected chi connectivity index (χ0v) is 15.2. The van der Waals surface area contributed by atoms with E-state index in [1.54, 1.807) is 0 Å². The number of nitrogens with two attached hydrogens (primary N) is 4. The van der Waals surface area contributed by atoms with Crippen LogP contribution in [0.25, 0.3) is 0 Å². The van der Waals surface area contributed by atoms with E-state index >= 15 is 0 Å². The zero-order valence-electron chi connectivity index (χ0n) is 15.2. The maximum Gasteiger partial charge on any atom is 0.0373 e. The Morgan fingerprint density at radius 1 is 0.615 bits per heavy atom. The van der Waals surface area contributed by atoms with E-state index in [0.29, 0.717) is 11.8 Å². The number of hydrogen-bond donors (Lipinski definition) is 4. The summed E-state index contributed by atoms with van der Waals surface area (Å²) in [6.07, 6.45) is 7.14. The van der Waals surface area contributed by atoms with Crippen molar-refractivity contribution in [3.05, 3.63) is 47.5 Å². The highest BCUT2D eigenvalue weighted by molar-refractivity contribution is 5.68. The van der Waals surface area contributed by atoms with E-state index in [9.17, 15) is 0 Å². The number of nitrogen functional groups attached to an aromatic ring is 4. The van der Waals surface area contributed by atoms with Crippen molar-refractivity contribution in [3.8, 4) is 0 Å². The second-order valence-corrected chi connectivity index (χ2v) is 9.14. The molecular formula is C22H28N4. The van der Waals surface area contributed by atoms with Crippen molar-refractivity contribution >= 4 is 22.7 Å². The summed E-state index contributed by atoms with van der Waals surface area (Å²) in [5.41, 5.74) is 31.7. The van der Waals surface area contributed by atoms with E-state index < -0.39 is 0 Å². The van der Waals surface area contributed by atoms with Gasteiger partial charge in [-0.2, -0.15) is 0 Å². The largest absolute Gasteiger partial charge is 0.398 e. The van der Waals surface area contributed by atoms with Gasteiger partial charge in [0.25, 0.3) is 0 Å². The Hall–Kier alpha value is -2.36. The predicted molar refractivity (Wildman–Crippen MR) is 109 cm³/mol. The van der Waals surface area contributed by atoms with Crippen molar-refractivity contribution in [1.29, 1.82) is 0 Å². The van der Waals surface area contributed by atoms with Crippen molar-refractivity contribution in [2.75, 3.05) is 22.9 Å². The molecule has 136 valence electrons. The van der Waals surface area contributed by atoms with Crippen LogP contribution in [0, 0.1) is 11.8 Å². The van der Waals surface area contributed by atoms with Crippen molar-refractivity contribution in [3.63, 3.8) is 0 Å². The number of hydrogen-bond acceptors (Lipinski definition) is 4. The predicted octanol–water partition coefficient (Wildman–Crippen LogP) is 3.81. The van der Waals surface area contributed by atoms with Crippen LogP contribution in [0.1, 0.15) is 49.7 Å². The minimum absolute atomic E-state index is 0.0637. The van der Waals surface area contributed by atoms with Gasteiger partial charge < -0.3 is 22.9 Å². The SMILES string of the molecule is Nc1cccc(N)c1C12CC3CC(C1)CC(c1c(N)cccc1N)(C3)C2. The van der Waals surface area contributed by atoms with Crippen molar-refractivity contribution < 1.29 is 0 Å². The van der Waals surface area contributed by atoms with Gasteiger partial charge in [0.05, 0.1) is 0 Å². The normalized spacial score (nSPS) is 34.9. The molecule has 0 aliphatic heterocycles. The topological polar surface area (TPSA) is 104 Å². The summed E-state index contributed by atoms with van der Waals surface area (Å²) >= 11 is 0. The molecule has 0 unspecified atom stereocenters. The van der Waals surface area contributed by atoms with Gasteiger partial charge in [-0.15, -0.1) is 0 Å². The monoisotopic (exact) mass is 348 g/mol. The summed E-state index contributed by atoms with van der Waals surface area (Å²) < 4.78 is 0. The summed E-state index contributed by atoms with van der Waals surface area (Å²) in [6, 6.07) is 11.9. The van der Waals surface area contributed by atoms with Gasteiger partial charge in [-0.3, -0.25) is 0 Å². The lowest BCUT2D eigenvalue weighted by Gasteiger charge is -2.63. The molecule has 0 saturated heterocycles. The first-order valence-electron chi connectivity index (χ1n) is 9.71. The first-order valence-corrected chi connectivity index (χ1v) is 9.71. The molecule has 0 spiro atoms. The summed E-state index contributed by atoms with van der Waals surface area (Å²) in [5, 5.41) is 0. The molecule has 8 N–H and O–H groups in total. The fourth-order valence-corrected chi connectivity index (χ4v) is 7.25. The summed E-state index contributed by atoms with van der Waals surface area (Å²) in [7, 11) is 0. The lowest BCUT2D eigenvalue weighted by Crippen LogP contribution is -2.56. The van der Waals surface area contributed by atoms with Crippen LogP contribution in [0.5, 0.6) is 0 Å². The lowest BCUT2D eigenvalue weighted by atomic mass is 9.41. The van der Waals surface area contributed by atoms with Crippen LogP contribution in [-0.4, -0.2) is 0 Å². The molecule has 26 heavy (non-hydrogen) atoms. The van der Waals surface area contributed by atoms with E-state index in [2.05, 4.69) is 0 Å². The maximum atomic E-state index is 6.46. The molecule has 2 aromatic carbocycles. The van der Waals surface area contributed by atoms with Crippen LogP contribution in [0.15, 0.2) is 36.4 Å². The Bertz CT molecular complexity index is 764. The Kier molecular flexibility index (Phi) is 3.10. The molecule has 4 nitrogen and oxygen atoms in total.